The third kappa shape index (κ3) is 3.12. The normalized spacial score (nSPS) is 30.6. The molecule has 0 bridgehead atoms. The maximum Gasteiger partial charge on any atom is 0.317 e. The minimum atomic E-state index is 0.127. The van der Waals surface area contributed by atoms with E-state index in [9.17, 15) is 4.79 Å². The molecular weight excluding hydrogens is 214 g/mol. The monoisotopic (exact) mass is 239 g/mol. The molecule has 1 aliphatic carbocycles. The minimum absolute atomic E-state index is 0.127. The van der Waals surface area contributed by atoms with Crippen molar-refractivity contribution >= 4 is 6.03 Å². The van der Waals surface area contributed by atoms with Gasteiger partial charge in [0.25, 0.3) is 0 Å². The van der Waals surface area contributed by atoms with Gasteiger partial charge in [-0.2, -0.15) is 0 Å². The number of likely N-dealkylation sites (tertiary alicyclic amines) is 1. The molecule has 1 aliphatic heterocycles. The first kappa shape index (κ1) is 12.7. The molecule has 1 heterocycles. The maximum absolute atomic E-state index is 12.1. The van der Waals surface area contributed by atoms with Gasteiger partial charge in [-0.25, -0.2) is 4.79 Å². The second kappa shape index (κ2) is 5.71. The van der Waals surface area contributed by atoms with Crippen LogP contribution in [0, 0.1) is 5.92 Å². The summed E-state index contributed by atoms with van der Waals surface area (Å²) in [6.07, 6.45) is 6.82. The molecule has 0 aromatic rings. The van der Waals surface area contributed by atoms with Gasteiger partial charge in [-0.05, 0) is 25.2 Å². The Morgan fingerprint density at radius 2 is 2.06 bits per heavy atom. The third-order valence-corrected chi connectivity index (χ3v) is 4.29. The summed E-state index contributed by atoms with van der Waals surface area (Å²) < 4.78 is 0. The number of hydrogen-bond donors (Lipinski definition) is 2. The summed E-state index contributed by atoms with van der Waals surface area (Å²) in [4.78, 5) is 14.1. The highest BCUT2D eigenvalue weighted by atomic mass is 16.2. The molecule has 2 aliphatic rings. The molecule has 2 rings (SSSR count). The molecule has 3 N–H and O–H groups in total. The number of amides is 2. The molecule has 4 nitrogen and oxygen atoms in total. The number of rotatable bonds is 2. The van der Waals surface area contributed by atoms with Crippen molar-refractivity contribution in [2.24, 2.45) is 11.7 Å². The number of carbonyl (C=O) groups is 1. The Hall–Kier alpha value is -0.770. The number of nitrogens with two attached hydrogens (primary N) is 1. The van der Waals surface area contributed by atoms with E-state index in [4.69, 9.17) is 5.73 Å². The lowest BCUT2D eigenvalue weighted by atomic mass is 9.91. The van der Waals surface area contributed by atoms with Crippen LogP contribution in [0.25, 0.3) is 0 Å². The van der Waals surface area contributed by atoms with E-state index in [2.05, 4.69) is 12.2 Å². The molecule has 1 saturated carbocycles. The molecule has 98 valence electrons. The lowest BCUT2D eigenvalue weighted by molar-refractivity contribution is 0.150. The van der Waals surface area contributed by atoms with Crippen LogP contribution in [0.1, 0.15) is 45.4 Å². The van der Waals surface area contributed by atoms with Crippen LogP contribution in [0.5, 0.6) is 0 Å². The maximum atomic E-state index is 12.1. The predicted octanol–water partition coefficient (Wildman–Crippen LogP) is 1.70. The Kier molecular flexibility index (Phi) is 4.26. The fraction of sp³-hybridized carbons (Fsp3) is 0.923. The van der Waals surface area contributed by atoms with Crippen molar-refractivity contribution in [2.45, 2.75) is 57.5 Å². The van der Waals surface area contributed by atoms with Gasteiger partial charge in [0, 0.05) is 25.2 Å². The average molecular weight is 239 g/mol. The fourth-order valence-corrected chi connectivity index (χ4v) is 3.00. The highest BCUT2D eigenvalue weighted by molar-refractivity contribution is 5.74. The van der Waals surface area contributed by atoms with Crippen LogP contribution >= 0.6 is 0 Å². The van der Waals surface area contributed by atoms with Crippen molar-refractivity contribution in [3.63, 3.8) is 0 Å². The first-order chi connectivity index (χ1) is 8.20. The molecule has 0 aromatic heterocycles. The lowest BCUT2D eigenvalue weighted by Crippen LogP contribution is -2.53. The Morgan fingerprint density at radius 1 is 1.35 bits per heavy atom. The first-order valence-corrected chi connectivity index (χ1v) is 7.01. The van der Waals surface area contributed by atoms with Crippen molar-refractivity contribution in [2.75, 3.05) is 13.1 Å². The highest BCUT2D eigenvalue weighted by Crippen LogP contribution is 2.21. The molecule has 4 heteroatoms. The third-order valence-electron chi connectivity index (χ3n) is 4.29. The molecule has 2 atom stereocenters. The summed E-state index contributed by atoms with van der Waals surface area (Å²) in [5.74, 6) is 0.470. The van der Waals surface area contributed by atoms with E-state index in [1.807, 2.05) is 4.90 Å². The van der Waals surface area contributed by atoms with Gasteiger partial charge in [-0.3, -0.25) is 0 Å². The molecule has 2 amide bonds. The molecule has 0 radical (unpaired) electrons. The smallest absolute Gasteiger partial charge is 0.317 e. The summed E-state index contributed by atoms with van der Waals surface area (Å²) in [6, 6.07) is 0.816. The number of hydrogen-bond acceptors (Lipinski definition) is 2. The molecular formula is C13H25N3O. The molecule has 2 fully saturated rings. The highest BCUT2D eigenvalue weighted by Gasteiger charge is 2.29. The summed E-state index contributed by atoms with van der Waals surface area (Å²) in [5, 5.41) is 3.15. The zero-order valence-electron chi connectivity index (χ0n) is 10.8. The molecule has 17 heavy (non-hydrogen) atoms. The Labute approximate surface area is 104 Å². The van der Waals surface area contributed by atoms with E-state index in [0.29, 0.717) is 12.0 Å². The van der Waals surface area contributed by atoms with Crippen molar-refractivity contribution in [1.82, 2.24) is 10.2 Å². The lowest BCUT2D eigenvalue weighted by Gasteiger charge is -2.37. The van der Waals surface area contributed by atoms with Crippen LogP contribution < -0.4 is 11.1 Å². The van der Waals surface area contributed by atoms with Gasteiger partial charge in [0.05, 0.1) is 0 Å². The minimum Gasteiger partial charge on any atom is -0.335 e. The largest absolute Gasteiger partial charge is 0.335 e. The van der Waals surface area contributed by atoms with Crippen LogP contribution in [-0.2, 0) is 0 Å². The second-order valence-corrected chi connectivity index (χ2v) is 5.50. The zero-order valence-corrected chi connectivity index (χ0v) is 10.8. The summed E-state index contributed by atoms with van der Waals surface area (Å²) in [6.45, 7) is 3.80. The van der Waals surface area contributed by atoms with E-state index in [0.717, 1.165) is 38.8 Å². The van der Waals surface area contributed by atoms with Crippen molar-refractivity contribution in [3.8, 4) is 0 Å². The van der Waals surface area contributed by atoms with E-state index in [1.165, 1.54) is 12.8 Å². The average Bonchev–Trinajstić information content (AvgIpc) is 2.82. The van der Waals surface area contributed by atoms with E-state index in [1.54, 1.807) is 0 Å². The van der Waals surface area contributed by atoms with Crippen molar-refractivity contribution in [3.05, 3.63) is 0 Å². The van der Waals surface area contributed by atoms with Gasteiger partial charge in [-0.15, -0.1) is 0 Å². The van der Waals surface area contributed by atoms with Crippen LogP contribution in [0.4, 0.5) is 4.79 Å². The number of carbonyl (C=O) groups excluding carboxylic acids is 1. The molecule has 0 aromatic carbocycles. The van der Waals surface area contributed by atoms with E-state index in [-0.39, 0.29) is 12.1 Å². The van der Waals surface area contributed by atoms with Gasteiger partial charge in [-0.1, -0.05) is 26.2 Å². The van der Waals surface area contributed by atoms with Crippen LogP contribution in [-0.4, -0.2) is 36.1 Å². The second-order valence-electron chi connectivity index (χ2n) is 5.50. The standard InChI is InChI=1S/C13H25N3O/c1-2-10-9-16(8-7-12(10)14)13(17)15-11-5-3-4-6-11/h10-12H,2-9,14H2,1H3,(H,15,17). The fourth-order valence-electron chi connectivity index (χ4n) is 3.00. The predicted molar refractivity (Wildman–Crippen MR) is 68.7 cm³/mol. The van der Waals surface area contributed by atoms with Gasteiger partial charge in [0.2, 0.25) is 0 Å². The van der Waals surface area contributed by atoms with Crippen LogP contribution in [0.2, 0.25) is 0 Å². The van der Waals surface area contributed by atoms with Gasteiger partial charge in [0.15, 0.2) is 0 Å². The Balaban J connectivity index is 1.82. The quantitative estimate of drug-likeness (QED) is 0.770. The van der Waals surface area contributed by atoms with Gasteiger partial charge in [0.1, 0.15) is 0 Å². The number of piperidine rings is 1. The summed E-state index contributed by atoms with van der Waals surface area (Å²) >= 11 is 0. The van der Waals surface area contributed by atoms with Gasteiger partial charge < -0.3 is 16.0 Å². The number of nitrogens with one attached hydrogen (secondary N) is 1. The molecule has 2 unspecified atom stereocenters. The summed E-state index contributed by atoms with van der Waals surface area (Å²) in [7, 11) is 0. The molecule has 1 saturated heterocycles. The summed E-state index contributed by atoms with van der Waals surface area (Å²) in [5.41, 5.74) is 6.06. The number of nitrogens with zero attached hydrogens (tertiary/aromatic N) is 1. The van der Waals surface area contributed by atoms with Crippen molar-refractivity contribution in [1.29, 1.82) is 0 Å². The Morgan fingerprint density at radius 3 is 2.71 bits per heavy atom. The van der Waals surface area contributed by atoms with E-state index >= 15 is 0 Å². The van der Waals surface area contributed by atoms with Crippen molar-refractivity contribution < 1.29 is 4.79 Å². The topological polar surface area (TPSA) is 58.4 Å². The van der Waals surface area contributed by atoms with E-state index < -0.39 is 0 Å². The number of urea groups is 1. The Bertz CT molecular complexity index is 263. The van der Waals surface area contributed by atoms with Gasteiger partial charge >= 0.3 is 6.03 Å². The first-order valence-electron chi connectivity index (χ1n) is 7.01. The SMILES string of the molecule is CCC1CN(C(=O)NC2CCCC2)CCC1N. The zero-order chi connectivity index (χ0) is 12.3. The molecule has 0 spiro atoms. The van der Waals surface area contributed by atoms with Crippen LogP contribution in [0.15, 0.2) is 0 Å². The van der Waals surface area contributed by atoms with Crippen LogP contribution in [0.3, 0.4) is 0 Å².